The SMILES string of the molecule is C[C@@H](C(=O)O)N1C(c2ccco2)=C(/C(C=O)=C\c2ccco2)C(=O)/C1=C\c1ccco1. The zero-order valence-electron chi connectivity index (χ0n) is 16.3. The molecule has 0 saturated heterocycles. The molecule has 0 radical (unpaired) electrons. The minimum absolute atomic E-state index is 0.00672. The lowest BCUT2D eigenvalue weighted by molar-refractivity contribution is -0.140. The van der Waals surface area contributed by atoms with E-state index in [2.05, 4.69) is 0 Å². The number of aldehydes is 1. The summed E-state index contributed by atoms with van der Waals surface area (Å²) in [6.07, 6.45) is 7.66. The molecule has 8 nitrogen and oxygen atoms in total. The van der Waals surface area contributed by atoms with Gasteiger partial charge in [-0.15, -0.1) is 0 Å². The molecule has 1 aliphatic rings. The topological polar surface area (TPSA) is 114 Å². The summed E-state index contributed by atoms with van der Waals surface area (Å²) < 4.78 is 16.1. The Hall–Kier alpha value is -4.33. The van der Waals surface area contributed by atoms with Crippen molar-refractivity contribution in [2.45, 2.75) is 13.0 Å². The Morgan fingerprint density at radius 1 is 1.03 bits per heavy atom. The first kappa shape index (κ1) is 20.0. The van der Waals surface area contributed by atoms with Gasteiger partial charge in [0.1, 0.15) is 17.6 Å². The van der Waals surface area contributed by atoms with E-state index in [1.807, 2.05) is 0 Å². The average Bonchev–Trinajstić information content (AvgIpc) is 3.55. The highest BCUT2D eigenvalue weighted by molar-refractivity contribution is 6.25. The number of aliphatic carboxylic acids is 1. The molecular formula is C23H17NO7. The van der Waals surface area contributed by atoms with Gasteiger partial charge in [-0.3, -0.25) is 9.59 Å². The van der Waals surface area contributed by atoms with Crippen molar-refractivity contribution in [3.05, 3.63) is 89.3 Å². The number of carbonyl (C=O) groups excluding carboxylic acids is 2. The minimum Gasteiger partial charge on any atom is -0.480 e. The van der Waals surface area contributed by atoms with Crippen LogP contribution in [0.25, 0.3) is 17.8 Å². The number of carboxylic acid groups (broad SMARTS) is 1. The lowest BCUT2D eigenvalue weighted by Crippen LogP contribution is -2.35. The highest BCUT2D eigenvalue weighted by Crippen LogP contribution is 2.41. The van der Waals surface area contributed by atoms with Crippen LogP contribution in [-0.2, 0) is 14.4 Å². The molecule has 156 valence electrons. The van der Waals surface area contributed by atoms with Crippen LogP contribution in [0.4, 0.5) is 0 Å². The molecule has 0 bridgehead atoms. The summed E-state index contributed by atoms with van der Waals surface area (Å²) in [5.74, 6) is -0.741. The molecule has 4 heterocycles. The lowest BCUT2D eigenvalue weighted by atomic mass is 10.00. The zero-order valence-corrected chi connectivity index (χ0v) is 16.3. The zero-order chi connectivity index (χ0) is 22.0. The van der Waals surface area contributed by atoms with E-state index in [0.717, 1.165) is 0 Å². The Labute approximate surface area is 176 Å². The molecule has 3 aromatic heterocycles. The fourth-order valence-corrected chi connectivity index (χ4v) is 3.36. The van der Waals surface area contributed by atoms with E-state index in [0.29, 0.717) is 17.8 Å². The standard InChI is InChI=1S/C23H17NO7/c1-14(23(27)28)24-18(12-17-6-3-9-30-17)22(26)20(21(24)19-7-4-10-31-19)15(13-25)11-16-5-2-8-29-16/h2-14H,1H3,(H,27,28)/b15-11-,18-12+/t14-/m0/s1. The molecule has 4 rings (SSSR count). The molecule has 0 aliphatic carbocycles. The minimum atomic E-state index is -1.16. The van der Waals surface area contributed by atoms with Gasteiger partial charge in [0.25, 0.3) is 0 Å². The Bertz CT molecular complexity index is 1190. The van der Waals surface area contributed by atoms with Crippen molar-refractivity contribution in [1.29, 1.82) is 0 Å². The van der Waals surface area contributed by atoms with Crippen LogP contribution in [0, 0.1) is 0 Å². The molecule has 1 N–H and O–H groups in total. The average molecular weight is 419 g/mol. The van der Waals surface area contributed by atoms with Crippen molar-refractivity contribution >= 4 is 35.9 Å². The van der Waals surface area contributed by atoms with Crippen molar-refractivity contribution in [3.8, 4) is 0 Å². The molecule has 0 unspecified atom stereocenters. The Balaban J connectivity index is 1.98. The van der Waals surface area contributed by atoms with E-state index < -0.39 is 17.8 Å². The fourth-order valence-electron chi connectivity index (χ4n) is 3.36. The van der Waals surface area contributed by atoms with Gasteiger partial charge in [-0.1, -0.05) is 0 Å². The number of hydrogen-bond donors (Lipinski definition) is 1. The van der Waals surface area contributed by atoms with E-state index in [1.165, 1.54) is 42.8 Å². The number of Topliss-reactive ketones (excluding diaryl/α,β-unsaturated/α-hetero) is 1. The monoisotopic (exact) mass is 419 g/mol. The number of allylic oxidation sites excluding steroid dienone is 2. The summed E-state index contributed by atoms with van der Waals surface area (Å²) in [6.45, 7) is 1.44. The maximum absolute atomic E-state index is 13.5. The molecule has 31 heavy (non-hydrogen) atoms. The van der Waals surface area contributed by atoms with Crippen LogP contribution in [0.5, 0.6) is 0 Å². The van der Waals surface area contributed by atoms with E-state index in [9.17, 15) is 19.5 Å². The molecule has 3 aromatic rings. The molecular weight excluding hydrogens is 402 g/mol. The number of rotatable bonds is 7. The third-order valence-electron chi connectivity index (χ3n) is 4.77. The Morgan fingerprint density at radius 3 is 2.23 bits per heavy atom. The first-order valence-corrected chi connectivity index (χ1v) is 9.32. The summed E-state index contributed by atoms with van der Waals surface area (Å²) in [7, 11) is 0. The van der Waals surface area contributed by atoms with Crippen LogP contribution >= 0.6 is 0 Å². The molecule has 0 amide bonds. The Kier molecular flexibility index (Phi) is 5.28. The van der Waals surface area contributed by atoms with Crippen LogP contribution in [0.1, 0.15) is 24.2 Å². The molecule has 0 spiro atoms. The van der Waals surface area contributed by atoms with Crippen molar-refractivity contribution in [2.75, 3.05) is 0 Å². The van der Waals surface area contributed by atoms with Gasteiger partial charge in [-0.05, 0) is 49.4 Å². The number of carboxylic acids is 1. The van der Waals surface area contributed by atoms with Crippen LogP contribution in [0.3, 0.4) is 0 Å². The second kappa shape index (κ2) is 8.19. The van der Waals surface area contributed by atoms with Crippen molar-refractivity contribution < 1.29 is 32.7 Å². The van der Waals surface area contributed by atoms with Gasteiger partial charge in [-0.2, -0.15) is 0 Å². The fraction of sp³-hybridized carbons (Fsp3) is 0.0870. The van der Waals surface area contributed by atoms with E-state index >= 15 is 0 Å². The molecule has 1 atom stereocenters. The summed E-state index contributed by atoms with van der Waals surface area (Å²) in [5.41, 5.74) is 0.245. The highest BCUT2D eigenvalue weighted by atomic mass is 16.4. The van der Waals surface area contributed by atoms with Crippen LogP contribution < -0.4 is 0 Å². The van der Waals surface area contributed by atoms with Crippen LogP contribution in [-0.4, -0.2) is 34.1 Å². The molecule has 0 saturated carbocycles. The molecule has 8 heteroatoms. The van der Waals surface area contributed by atoms with Gasteiger partial charge in [-0.25, -0.2) is 4.79 Å². The second-order valence-electron chi connectivity index (χ2n) is 6.69. The highest BCUT2D eigenvalue weighted by Gasteiger charge is 2.42. The third-order valence-corrected chi connectivity index (χ3v) is 4.77. The number of carbonyl (C=O) groups is 3. The summed E-state index contributed by atoms with van der Waals surface area (Å²) in [6, 6.07) is 8.62. The smallest absolute Gasteiger partial charge is 0.326 e. The van der Waals surface area contributed by atoms with Gasteiger partial charge in [0.15, 0.2) is 12.0 Å². The number of hydrogen-bond acceptors (Lipinski definition) is 7. The van der Waals surface area contributed by atoms with E-state index in [4.69, 9.17) is 13.3 Å². The molecule has 1 aliphatic heterocycles. The maximum Gasteiger partial charge on any atom is 0.326 e. The van der Waals surface area contributed by atoms with Gasteiger partial charge in [0.2, 0.25) is 5.78 Å². The van der Waals surface area contributed by atoms with Crippen molar-refractivity contribution in [2.24, 2.45) is 0 Å². The van der Waals surface area contributed by atoms with Gasteiger partial charge < -0.3 is 23.3 Å². The van der Waals surface area contributed by atoms with E-state index in [1.54, 1.807) is 36.4 Å². The van der Waals surface area contributed by atoms with E-state index in [-0.39, 0.29) is 28.3 Å². The summed E-state index contributed by atoms with van der Waals surface area (Å²) in [4.78, 5) is 38.8. The summed E-state index contributed by atoms with van der Waals surface area (Å²) >= 11 is 0. The quantitative estimate of drug-likeness (QED) is 0.454. The van der Waals surface area contributed by atoms with Crippen LogP contribution in [0.2, 0.25) is 0 Å². The second-order valence-corrected chi connectivity index (χ2v) is 6.69. The predicted molar refractivity (Wildman–Crippen MR) is 109 cm³/mol. The largest absolute Gasteiger partial charge is 0.480 e. The number of furan rings is 3. The third kappa shape index (κ3) is 3.66. The maximum atomic E-state index is 13.5. The molecule has 0 aromatic carbocycles. The predicted octanol–water partition coefficient (Wildman–Crippen LogP) is 3.86. The molecule has 0 fully saturated rings. The van der Waals surface area contributed by atoms with Gasteiger partial charge >= 0.3 is 5.97 Å². The van der Waals surface area contributed by atoms with Crippen molar-refractivity contribution in [1.82, 2.24) is 4.90 Å². The van der Waals surface area contributed by atoms with Crippen LogP contribution in [0.15, 0.2) is 85.3 Å². The van der Waals surface area contributed by atoms with Crippen molar-refractivity contribution in [3.63, 3.8) is 0 Å². The summed E-state index contributed by atoms with van der Waals surface area (Å²) in [5, 5.41) is 9.72. The van der Waals surface area contributed by atoms with Gasteiger partial charge in [0.05, 0.1) is 35.8 Å². The number of nitrogens with zero attached hydrogens (tertiary/aromatic N) is 1. The van der Waals surface area contributed by atoms with Gasteiger partial charge in [0, 0.05) is 11.6 Å². The first-order valence-electron chi connectivity index (χ1n) is 9.32. The first-order chi connectivity index (χ1) is 15.0. The lowest BCUT2D eigenvalue weighted by Gasteiger charge is -2.26. The Morgan fingerprint density at radius 2 is 1.68 bits per heavy atom. The normalized spacial score (nSPS) is 16.9. The number of ketones is 1.